The van der Waals surface area contributed by atoms with Gasteiger partial charge in [-0.25, -0.2) is 4.79 Å². The Bertz CT molecular complexity index is 886. The molecule has 2 aromatic carbocycles. The molecule has 10 heteroatoms. The number of esters is 1. The minimum atomic E-state index is -1.01. The highest BCUT2D eigenvalue weighted by molar-refractivity contribution is 5.95. The van der Waals surface area contributed by atoms with E-state index in [2.05, 4.69) is 10.6 Å². The summed E-state index contributed by atoms with van der Waals surface area (Å²) < 4.78 is 10.1. The van der Waals surface area contributed by atoms with Crippen molar-refractivity contribution in [3.05, 3.63) is 64.7 Å². The molecule has 0 aromatic heterocycles. The van der Waals surface area contributed by atoms with Crippen LogP contribution in [0.4, 0.5) is 11.4 Å². The first-order valence-electron chi connectivity index (χ1n) is 8.54. The van der Waals surface area contributed by atoms with Crippen molar-refractivity contribution >= 4 is 29.2 Å². The van der Waals surface area contributed by atoms with Crippen LogP contribution >= 0.6 is 0 Å². The van der Waals surface area contributed by atoms with E-state index in [9.17, 15) is 24.5 Å². The fraction of sp³-hybridized carbons (Fsp3) is 0.211. The summed E-state index contributed by atoms with van der Waals surface area (Å²) in [5.41, 5.74) is -0.302. The van der Waals surface area contributed by atoms with Crippen LogP contribution in [-0.4, -0.2) is 42.0 Å². The number of hydrogen-bond acceptors (Lipinski definition) is 7. The molecule has 0 heterocycles. The number of anilines is 1. The molecular formula is C19H19N3O7. The van der Waals surface area contributed by atoms with Gasteiger partial charge in [0.1, 0.15) is 17.5 Å². The summed E-state index contributed by atoms with van der Waals surface area (Å²) in [6.07, 6.45) is 0. The third-order valence-electron chi connectivity index (χ3n) is 3.56. The third-order valence-corrected chi connectivity index (χ3v) is 3.56. The molecule has 0 unspecified atom stereocenters. The molecule has 1 atom stereocenters. The van der Waals surface area contributed by atoms with Crippen LogP contribution in [0.3, 0.4) is 0 Å². The molecular weight excluding hydrogens is 382 g/mol. The first-order chi connectivity index (χ1) is 13.9. The number of hydrogen-bond donors (Lipinski definition) is 2. The summed E-state index contributed by atoms with van der Waals surface area (Å²) in [4.78, 5) is 45.9. The maximum absolute atomic E-state index is 11.9. The Kier molecular flexibility index (Phi) is 7.66. The minimum absolute atomic E-state index is 0.0158. The lowest BCUT2D eigenvalue weighted by molar-refractivity contribution is -0.383. The number of nitrogens with one attached hydrogen (secondary N) is 2. The van der Waals surface area contributed by atoms with Crippen LogP contribution in [0.25, 0.3) is 0 Å². The van der Waals surface area contributed by atoms with Gasteiger partial charge in [-0.05, 0) is 25.1 Å². The quantitative estimate of drug-likeness (QED) is 0.370. The molecule has 0 aliphatic heterocycles. The van der Waals surface area contributed by atoms with E-state index in [-0.39, 0.29) is 18.0 Å². The Morgan fingerprint density at radius 2 is 1.66 bits per heavy atom. The van der Waals surface area contributed by atoms with Crippen LogP contribution in [-0.2, 0) is 19.1 Å². The van der Waals surface area contributed by atoms with E-state index in [1.54, 1.807) is 30.3 Å². The van der Waals surface area contributed by atoms with Gasteiger partial charge >= 0.3 is 5.97 Å². The number of amides is 2. The van der Waals surface area contributed by atoms with Crippen molar-refractivity contribution in [3.63, 3.8) is 0 Å². The molecule has 0 aliphatic carbocycles. The number of nitro benzene ring substituents is 1. The highest BCUT2D eigenvalue weighted by Crippen LogP contribution is 2.22. The molecule has 0 fully saturated rings. The standard InChI is InChI=1S/C19H19N3O7/c1-13(20-17(23)11-28-14-7-3-2-4-8-14)19(25)29-12-18(24)21-15-9-5-6-10-16(15)22(26)27/h2-10,13H,11-12H2,1H3,(H,20,23)(H,21,24)/t13-/m0/s1. The first-order valence-corrected chi connectivity index (χ1v) is 8.54. The molecule has 0 spiro atoms. The summed E-state index contributed by atoms with van der Waals surface area (Å²) in [5.74, 6) is -1.62. The number of rotatable bonds is 9. The Morgan fingerprint density at radius 1 is 1.00 bits per heavy atom. The lowest BCUT2D eigenvalue weighted by Crippen LogP contribution is -2.42. The second kappa shape index (κ2) is 10.4. The highest BCUT2D eigenvalue weighted by atomic mass is 16.6. The van der Waals surface area contributed by atoms with E-state index in [1.165, 1.54) is 31.2 Å². The first kappa shape index (κ1) is 21.4. The lowest BCUT2D eigenvalue weighted by atomic mass is 10.2. The van der Waals surface area contributed by atoms with Gasteiger partial charge in [0.15, 0.2) is 13.2 Å². The molecule has 0 radical (unpaired) electrons. The average molecular weight is 401 g/mol. The van der Waals surface area contributed by atoms with Gasteiger partial charge in [0, 0.05) is 6.07 Å². The van der Waals surface area contributed by atoms with Gasteiger partial charge in [0.25, 0.3) is 17.5 Å². The fourth-order valence-corrected chi connectivity index (χ4v) is 2.19. The van der Waals surface area contributed by atoms with Gasteiger partial charge in [-0.3, -0.25) is 19.7 Å². The second-order valence-corrected chi connectivity index (χ2v) is 5.82. The number of carbonyl (C=O) groups excluding carboxylic acids is 3. The van der Waals surface area contributed by atoms with Crippen molar-refractivity contribution < 1.29 is 28.8 Å². The van der Waals surface area contributed by atoms with Crippen molar-refractivity contribution in [3.8, 4) is 5.75 Å². The van der Waals surface area contributed by atoms with Crippen molar-refractivity contribution in [2.75, 3.05) is 18.5 Å². The van der Waals surface area contributed by atoms with Gasteiger partial charge in [-0.1, -0.05) is 30.3 Å². The predicted octanol–water partition coefficient (Wildman–Crippen LogP) is 1.66. The maximum Gasteiger partial charge on any atom is 0.328 e. The van der Waals surface area contributed by atoms with Crippen molar-refractivity contribution in [2.24, 2.45) is 0 Å². The molecule has 29 heavy (non-hydrogen) atoms. The molecule has 0 saturated carbocycles. The van der Waals surface area contributed by atoms with Gasteiger partial charge in [0.2, 0.25) is 0 Å². The summed E-state index contributed by atoms with van der Waals surface area (Å²) in [7, 11) is 0. The van der Waals surface area contributed by atoms with Crippen molar-refractivity contribution in [2.45, 2.75) is 13.0 Å². The summed E-state index contributed by atoms with van der Waals surface area (Å²) >= 11 is 0. The molecule has 0 aliphatic rings. The number of benzene rings is 2. The van der Waals surface area contributed by atoms with Crippen LogP contribution in [0.5, 0.6) is 5.75 Å². The largest absolute Gasteiger partial charge is 0.484 e. The van der Waals surface area contributed by atoms with Crippen LogP contribution < -0.4 is 15.4 Å². The molecule has 0 saturated heterocycles. The van der Waals surface area contributed by atoms with Crippen molar-refractivity contribution in [1.82, 2.24) is 5.32 Å². The Morgan fingerprint density at radius 3 is 2.34 bits per heavy atom. The monoisotopic (exact) mass is 401 g/mol. The second-order valence-electron chi connectivity index (χ2n) is 5.82. The summed E-state index contributed by atoms with van der Waals surface area (Å²) in [5, 5.41) is 15.6. The van der Waals surface area contributed by atoms with E-state index < -0.39 is 35.4 Å². The smallest absolute Gasteiger partial charge is 0.328 e. The predicted molar refractivity (Wildman–Crippen MR) is 102 cm³/mol. The van der Waals surface area contributed by atoms with Gasteiger partial charge < -0.3 is 20.1 Å². The lowest BCUT2D eigenvalue weighted by Gasteiger charge is -2.14. The van der Waals surface area contributed by atoms with Crippen LogP contribution in [0.1, 0.15) is 6.92 Å². The highest BCUT2D eigenvalue weighted by Gasteiger charge is 2.20. The molecule has 152 valence electrons. The SMILES string of the molecule is C[C@H](NC(=O)COc1ccccc1)C(=O)OCC(=O)Nc1ccccc1[N+](=O)[O-]. The van der Waals surface area contributed by atoms with Gasteiger partial charge in [-0.2, -0.15) is 0 Å². The van der Waals surface area contributed by atoms with E-state index in [1.807, 2.05) is 0 Å². The average Bonchev–Trinajstić information content (AvgIpc) is 2.71. The number of para-hydroxylation sites is 3. The van der Waals surface area contributed by atoms with Gasteiger partial charge in [0.05, 0.1) is 4.92 Å². The van der Waals surface area contributed by atoms with E-state index >= 15 is 0 Å². The number of ether oxygens (including phenoxy) is 2. The molecule has 2 aromatic rings. The normalized spacial score (nSPS) is 11.1. The molecule has 10 nitrogen and oxygen atoms in total. The van der Waals surface area contributed by atoms with Crippen LogP contribution in [0.15, 0.2) is 54.6 Å². The zero-order valence-electron chi connectivity index (χ0n) is 15.5. The van der Waals surface area contributed by atoms with E-state index in [0.717, 1.165) is 0 Å². The topological polar surface area (TPSA) is 137 Å². The van der Waals surface area contributed by atoms with E-state index in [0.29, 0.717) is 5.75 Å². The maximum atomic E-state index is 11.9. The van der Waals surface area contributed by atoms with Gasteiger partial charge in [-0.15, -0.1) is 0 Å². The number of nitrogens with zero attached hydrogens (tertiary/aromatic N) is 1. The van der Waals surface area contributed by atoms with E-state index in [4.69, 9.17) is 9.47 Å². The zero-order valence-corrected chi connectivity index (χ0v) is 15.5. The summed E-state index contributed by atoms with van der Waals surface area (Å²) in [6.45, 7) is 0.439. The van der Waals surface area contributed by atoms with Crippen LogP contribution in [0, 0.1) is 10.1 Å². The molecule has 2 rings (SSSR count). The molecule has 2 N–H and O–H groups in total. The summed E-state index contributed by atoms with van der Waals surface area (Å²) in [6, 6.07) is 13.2. The Balaban J connectivity index is 1.75. The Hall–Kier alpha value is -3.95. The number of carbonyl (C=O) groups is 3. The Labute approximate surface area is 166 Å². The minimum Gasteiger partial charge on any atom is -0.484 e. The molecule has 2 amide bonds. The van der Waals surface area contributed by atoms with Crippen molar-refractivity contribution in [1.29, 1.82) is 0 Å². The van der Waals surface area contributed by atoms with Crippen LogP contribution in [0.2, 0.25) is 0 Å². The fourth-order valence-electron chi connectivity index (χ4n) is 2.19. The molecule has 0 bridgehead atoms. The zero-order chi connectivity index (χ0) is 21.2. The number of nitro groups is 1. The third kappa shape index (κ3) is 6.94.